The Labute approximate surface area is 72.4 Å². The van der Waals surface area contributed by atoms with Crippen molar-refractivity contribution in [3.05, 3.63) is 12.2 Å². The predicted octanol–water partition coefficient (Wildman–Crippen LogP) is 2.60. The third-order valence-corrected chi connectivity index (χ3v) is 2.79. The Morgan fingerprint density at radius 3 is 2.36 bits per heavy atom. The van der Waals surface area contributed by atoms with Gasteiger partial charge in [-0.25, -0.2) is 0 Å². The third kappa shape index (κ3) is 1.34. The van der Waals surface area contributed by atoms with Crippen molar-refractivity contribution in [3.8, 4) is 0 Å². The Hall–Kier alpha value is -0.300. The van der Waals surface area contributed by atoms with Crippen LogP contribution in [-0.4, -0.2) is 5.24 Å². The van der Waals surface area contributed by atoms with Crippen molar-refractivity contribution in [1.29, 1.82) is 0 Å². The maximum atomic E-state index is 10.8. The summed E-state index contributed by atoms with van der Waals surface area (Å²) in [5, 5.41) is -0.196. The number of halogens is 1. The zero-order chi connectivity index (χ0) is 8.65. The largest absolute Gasteiger partial charge is 0.281 e. The number of hydrogen-bond acceptors (Lipinski definition) is 1. The molecule has 0 aromatic rings. The number of hydrogen-bond donors (Lipinski definition) is 0. The van der Waals surface area contributed by atoms with Gasteiger partial charge in [0.25, 0.3) is 0 Å². The zero-order valence-electron chi connectivity index (χ0n) is 7.10. The van der Waals surface area contributed by atoms with Crippen LogP contribution in [0.2, 0.25) is 0 Å². The number of carbonyl (C=O) groups is 1. The van der Waals surface area contributed by atoms with Gasteiger partial charge in [-0.1, -0.05) is 26.0 Å². The van der Waals surface area contributed by atoms with Gasteiger partial charge in [-0.3, -0.25) is 4.79 Å². The van der Waals surface area contributed by atoms with Crippen LogP contribution in [-0.2, 0) is 4.79 Å². The molecule has 0 aromatic carbocycles. The minimum absolute atomic E-state index is 0.0420. The first kappa shape index (κ1) is 8.79. The summed E-state index contributed by atoms with van der Waals surface area (Å²) in [5.41, 5.74) is 0.0886. The van der Waals surface area contributed by atoms with Crippen LogP contribution in [0.3, 0.4) is 0 Å². The highest BCUT2D eigenvalue weighted by atomic mass is 35.5. The molecule has 0 unspecified atom stereocenters. The SMILES string of the molecule is C/C=C\[C@@H]1[C@@H](C(=O)Cl)C1(C)C. The van der Waals surface area contributed by atoms with Crippen molar-refractivity contribution in [2.24, 2.45) is 17.3 Å². The zero-order valence-corrected chi connectivity index (χ0v) is 7.85. The van der Waals surface area contributed by atoms with Gasteiger partial charge >= 0.3 is 0 Å². The minimum atomic E-state index is -0.196. The van der Waals surface area contributed by atoms with Crippen LogP contribution in [0.15, 0.2) is 12.2 Å². The quantitative estimate of drug-likeness (QED) is 0.462. The first-order valence-corrected chi connectivity index (χ1v) is 4.21. The summed E-state index contributed by atoms with van der Waals surface area (Å²) in [6.45, 7) is 6.11. The molecule has 1 nitrogen and oxygen atoms in total. The average molecular weight is 173 g/mol. The lowest BCUT2D eigenvalue weighted by Gasteiger charge is -1.95. The molecule has 0 spiro atoms. The topological polar surface area (TPSA) is 17.1 Å². The molecule has 0 bridgehead atoms. The molecule has 0 amide bonds. The fourth-order valence-electron chi connectivity index (χ4n) is 1.68. The monoisotopic (exact) mass is 172 g/mol. The molecule has 1 rings (SSSR count). The molecule has 11 heavy (non-hydrogen) atoms. The highest BCUT2D eigenvalue weighted by molar-refractivity contribution is 6.64. The van der Waals surface area contributed by atoms with Crippen LogP contribution < -0.4 is 0 Å². The van der Waals surface area contributed by atoms with Crippen molar-refractivity contribution in [2.45, 2.75) is 20.8 Å². The summed E-state index contributed by atoms with van der Waals surface area (Å²) in [6, 6.07) is 0. The molecule has 0 saturated heterocycles. The van der Waals surface area contributed by atoms with Crippen LogP contribution in [0.1, 0.15) is 20.8 Å². The second-order valence-corrected chi connectivity index (χ2v) is 4.03. The predicted molar refractivity (Wildman–Crippen MR) is 46.4 cm³/mol. The van der Waals surface area contributed by atoms with Crippen LogP contribution in [0.4, 0.5) is 0 Å². The normalized spacial score (nSPS) is 34.2. The van der Waals surface area contributed by atoms with E-state index in [4.69, 9.17) is 11.6 Å². The molecule has 0 aromatic heterocycles. The molecule has 0 radical (unpaired) electrons. The number of rotatable bonds is 2. The van der Waals surface area contributed by atoms with Gasteiger partial charge in [0.1, 0.15) is 0 Å². The van der Waals surface area contributed by atoms with E-state index in [0.717, 1.165) is 0 Å². The van der Waals surface area contributed by atoms with Gasteiger partial charge < -0.3 is 0 Å². The second-order valence-electron chi connectivity index (χ2n) is 3.65. The van der Waals surface area contributed by atoms with Gasteiger partial charge in [0.15, 0.2) is 0 Å². The van der Waals surface area contributed by atoms with Gasteiger partial charge in [-0.15, -0.1) is 0 Å². The molecular weight excluding hydrogens is 160 g/mol. The summed E-state index contributed by atoms with van der Waals surface area (Å²) in [6.07, 6.45) is 4.04. The van der Waals surface area contributed by atoms with Crippen LogP contribution in [0.5, 0.6) is 0 Å². The van der Waals surface area contributed by atoms with Crippen LogP contribution in [0.25, 0.3) is 0 Å². The summed E-state index contributed by atoms with van der Waals surface area (Å²) >= 11 is 5.42. The summed E-state index contributed by atoms with van der Waals surface area (Å²) in [4.78, 5) is 10.8. The highest BCUT2D eigenvalue weighted by Gasteiger charge is 2.59. The van der Waals surface area contributed by atoms with Gasteiger partial charge in [0.2, 0.25) is 5.24 Å². The molecule has 1 fully saturated rings. The van der Waals surface area contributed by atoms with Gasteiger partial charge in [-0.2, -0.15) is 0 Å². The molecule has 1 aliphatic carbocycles. The second kappa shape index (κ2) is 2.63. The van der Waals surface area contributed by atoms with Crippen LogP contribution in [0, 0.1) is 17.3 Å². The molecule has 1 saturated carbocycles. The summed E-state index contributed by atoms with van der Waals surface area (Å²) in [5.74, 6) is 0.401. The third-order valence-electron chi connectivity index (χ3n) is 2.55. The Morgan fingerprint density at radius 2 is 2.09 bits per heavy atom. The molecule has 0 heterocycles. The molecule has 2 atom stereocenters. The fourth-order valence-corrected chi connectivity index (χ4v) is 2.09. The Kier molecular flexibility index (Phi) is 2.10. The van der Waals surface area contributed by atoms with E-state index in [0.29, 0.717) is 5.92 Å². The van der Waals surface area contributed by atoms with Crippen molar-refractivity contribution in [2.75, 3.05) is 0 Å². The lowest BCUT2D eigenvalue weighted by Crippen LogP contribution is -1.96. The Balaban J connectivity index is 2.68. The van der Waals surface area contributed by atoms with Crippen molar-refractivity contribution in [3.63, 3.8) is 0 Å². The molecule has 62 valence electrons. The minimum Gasteiger partial charge on any atom is -0.281 e. The Bertz CT molecular complexity index is 206. The van der Waals surface area contributed by atoms with E-state index in [1.54, 1.807) is 0 Å². The van der Waals surface area contributed by atoms with Gasteiger partial charge in [0.05, 0.1) is 0 Å². The molecule has 1 aliphatic rings. The van der Waals surface area contributed by atoms with E-state index < -0.39 is 0 Å². The van der Waals surface area contributed by atoms with E-state index in [9.17, 15) is 4.79 Å². The summed E-state index contributed by atoms with van der Waals surface area (Å²) in [7, 11) is 0. The molecular formula is C9H13ClO. The van der Waals surface area contributed by atoms with E-state index in [-0.39, 0.29) is 16.6 Å². The van der Waals surface area contributed by atoms with Crippen molar-refractivity contribution in [1.82, 2.24) is 0 Å². The molecule has 0 N–H and O–H groups in total. The van der Waals surface area contributed by atoms with E-state index >= 15 is 0 Å². The summed E-state index contributed by atoms with van der Waals surface area (Å²) < 4.78 is 0. The average Bonchev–Trinajstić information content (AvgIpc) is 2.35. The van der Waals surface area contributed by atoms with Crippen molar-refractivity contribution < 1.29 is 4.79 Å². The fraction of sp³-hybridized carbons (Fsp3) is 0.667. The van der Waals surface area contributed by atoms with Crippen LogP contribution >= 0.6 is 11.6 Å². The standard InChI is InChI=1S/C9H13ClO/c1-4-5-6-7(8(10)11)9(6,2)3/h4-7H,1-3H3/b5-4-/t6-,7+/m1/s1. The van der Waals surface area contributed by atoms with E-state index in [1.165, 1.54) is 0 Å². The van der Waals surface area contributed by atoms with Gasteiger partial charge in [0, 0.05) is 5.92 Å². The maximum Gasteiger partial charge on any atom is 0.225 e. The molecule has 0 aliphatic heterocycles. The number of carbonyl (C=O) groups excluding carboxylic acids is 1. The first-order valence-electron chi connectivity index (χ1n) is 3.84. The lowest BCUT2D eigenvalue weighted by atomic mass is 10.1. The first-order chi connectivity index (χ1) is 5.01. The highest BCUT2D eigenvalue weighted by Crippen LogP contribution is 2.59. The smallest absolute Gasteiger partial charge is 0.225 e. The lowest BCUT2D eigenvalue weighted by molar-refractivity contribution is -0.113. The maximum absolute atomic E-state index is 10.8. The number of allylic oxidation sites excluding steroid dienone is 2. The van der Waals surface area contributed by atoms with E-state index in [2.05, 4.69) is 19.9 Å². The Morgan fingerprint density at radius 1 is 1.55 bits per heavy atom. The van der Waals surface area contributed by atoms with Gasteiger partial charge in [-0.05, 0) is 29.9 Å². The van der Waals surface area contributed by atoms with Crippen molar-refractivity contribution >= 4 is 16.8 Å². The molecule has 2 heteroatoms. The van der Waals surface area contributed by atoms with E-state index in [1.807, 2.05) is 13.0 Å².